The molecule has 0 heterocycles. The molecule has 7 heteroatoms. The van der Waals surface area contributed by atoms with Crippen LogP contribution in [0.4, 0.5) is 14.5 Å². The Balaban J connectivity index is 2.30. The minimum Gasteiger partial charge on any atom is -0.494 e. The zero-order chi connectivity index (χ0) is 14.8. The molecular weight excluding hydrogens is 288 g/mol. The van der Waals surface area contributed by atoms with Gasteiger partial charge in [0.05, 0.1) is 17.7 Å². The SMILES string of the molecule is COc1cc(NS(=O)(=O)c2ccc(F)cc2)ccc1F. The zero-order valence-electron chi connectivity index (χ0n) is 10.4. The highest BCUT2D eigenvalue weighted by Crippen LogP contribution is 2.23. The first-order valence-corrected chi connectivity index (χ1v) is 7.02. The number of rotatable bonds is 4. The average Bonchev–Trinajstić information content (AvgIpc) is 2.41. The van der Waals surface area contributed by atoms with E-state index in [0.717, 1.165) is 30.3 Å². The summed E-state index contributed by atoms with van der Waals surface area (Å²) in [5, 5.41) is 0. The number of ether oxygens (including phenoxy) is 1. The second-order valence-electron chi connectivity index (χ2n) is 3.91. The predicted molar refractivity (Wildman–Crippen MR) is 70.2 cm³/mol. The summed E-state index contributed by atoms with van der Waals surface area (Å²) in [4.78, 5) is -0.0952. The molecule has 0 fully saturated rings. The maximum Gasteiger partial charge on any atom is 0.261 e. The standard InChI is InChI=1S/C13H11F2NO3S/c1-19-13-8-10(4-7-12(13)15)16-20(17,18)11-5-2-9(14)3-6-11/h2-8,16H,1H3. The van der Waals surface area contributed by atoms with E-state index < -0.39 is 21.7 Å². The first-order chi connectivity index (χ1) is 9.42. The van der Waals surface area contributed by atoms with Gasteiger partial charge in [-0.05, 0) is 36.4 Å². The van der Waals surface area contributed by atoms with Gasteiger partial charge in [-0.3, -0.25) is 4.72 Å². The number of hydrogen-bond acceptors (Lipinski definition) is 3. The topological polar surface area (TPSA) is 55.4 Å². The minimum absolute atomic E-state index is 0.0793. The van der Waals surface area contributed by atoms with Gasteiger partial charge >= 0.3 is 0 Å². The van der Waals surface area contributed by atoms with E-state index in [1.54, 1.807) is 0 Å². The summed E-state index contributed by atoms with van der Waals surface area (Å²) in [5.41, 5.74) is 0.146. The fourth-order valence-electron chi connectivity index (χ4n) is 1.55. The van der Waals surface area contributed by atoms with Gasteiger partial charge in [0, 0.05) is 6.07 Å². The summed E-state index contributed by atoms with van der Waals surface area (Å²) in [6.07, 6.45) is 0. The molecule has 0 bridgehead atoms. The third-order valence-electron chi connectivity index (χ3n) is 2.53. The summed E-state index contributed by atoms with van der Waals surface area (Å²) in [6.45, 7) is 0. The predicted octanol–water partition coefficient (Wildman–Crippen LogP) is 2.77. The van der Waals surface area contributed by atoms with Crippen LogP contribution in [0.15, 0.2) is 47.4 Å². The van der Waals surface area contributed by atoms with E-state index in [-0.39, 0.29) is 16.3 Å². The van der Waals surface area contributed by atoms with E-state index in [9.17, 15) is 17.2 Å². The monoisotopic (exact) mass is 299 g/mol. The van der Waals surface area contributed by atoms with Crippen molar-refractivity contribution >= 4 is 15.7 Å². The van der Waals surface area contributed by atoms with Crippen LogP contribution >= 0.6 is 0 Å². The van der Waals surface area contributed by atoms with E-state index in [2.05, 4.69) is 4.72 Å². The fourth-order valence-corrected chi connectivity index (χ4v) is 2.60. The Bertz CT molecular complexity index is 715. The largest absolute Gasteiger partial charge is 0.494 e. The lowest BCUT2D eigenvalue weighted by atomic mass is 10.3. The van der Waals surface area contributed by atoms with Gasteiger partial charge in [0.2, 0.25) is 0 Å². The van der Waals surface area contributed by atoms with Crippen molar-refractivity contribution in [3.8, 4) is 5.75 Å². The van der Waals surface area contributed by atoms with E-state index in [4.69, 9.17) is 4.74 Å². The number of nitrogens with one attached hydrogen (secondary N) is 1. The molecule has 0 saturated carbocycles. The highest BCUT2D eigenvalue weighted by molar-refractivity contribution is 7.92. The second kappa shape index (κ2) is 5.46. The number of benzene rings is 2. The number of methoxy groups -OCH3 is 1. The maximum absolute atomic E-state index is 13.2. The Labute approximate surface area is 115 Å². The van der Waals surface area contributed by atoms with Crippen molar-refractivity contribution in [2.24, 2.45) is 0 Å². The molecule has 1 N–H and O–H groups in total. The molecule has 0 amide bonds. The molecule has 0 spiro atoms. The Kier molecular flexibility index (Phi) is 3.89. The lowest BCUT2D eigenvalue weighted by molar-refractivity contribution is 0.387. The molecule has 2 aromatic rings. The van der Waals surface area contributed by atoms with Gasteiger partial charge in [-0.25, -0.2) is 17.2 Å². The van der Waals surface area contributed by atoms with Crippen LogP contribution in [-0.4, -0.2) is 15.5 Å². The Hall–Kier alpha value is -2.15. The van der Waals surface area contributed by atoms with Crippen molar-refractivity contribution in [1.29, 1.82) is 0 Å². The van der Waals surface area contributed by atoms with Crippen LogP contribution in [0.1, 0.15) is 0 Å². The lowest BCUT2D eigenvalue weighted by Gasteiger charge is -2.09. The van der Waals surface area contributed by atoms with Gasteiger partial charge in [0.1, 0.15) is 5.82 Å². The smallest absolute Gasteiger partial charge is 0.261 e. The molecule has 20 heavy (non-hydrogen) atoms. The maximum atomic E-state index is 13.2. The summed E-state index contributed by atoms with van der Waals surface area (Å²) in [5.74, 6) is -1.21. The van der Waals surface area contributed by atoms with Crippen molar-refractivity contribution in [2.45, 2.75) is 4.90 Å². The first-order valence-electron chi connectivity index (χ1n) is 5.54. The van der Waals surface area contributed by atoms with Crippen molar-refractivity contribution in [3.63, 3.8) is 0 Å². The van der Waals surface area contributed by atoms with Crippen LogP contribution < -0.4 is 9.46 Å². The first kappa shape index (κ1) is 14.3. The molecule has 0 atom stereocenters. The van der Waals surface area contributed by atoms with Crippen molar-refractivity contribution in [2.75, 3.05) is 11.8 Å². The average molecular weight is 299 g/mol. The number of halogens is 2. The Morgan fingerprint density at radius 1 is 1.05 bits per heavy atom. The lowest BCUT2D eigenvalue weighted by Crippen LogP contribution is -2.13. The highest BCUT2D eigenvalue weighted by atomic mass is 32.2. The summed E-state index contributed by atoms with van der Waals surface area (Å²) >= 11 is 0. The van der Waals surface area contributed by atoms with Crippen LogP contribution in [0, 0.1) is 11.6 Å². The Morgan fingerprint density at radius 3 is 2.30 bits per heavy atom. The third-order valence-corrected chi connectivity index (χ3v) is 3.92. The van der Waals surface area contributed by atoms with Gasteiger partial charge in [0.25, 0.3) is 10.0 Å². The molecule has 4 nitrogen and oxygen atoms in total. The van der Waals surface area contributed by atoms with E-state index >= 15 is 0 Å². The number of sulfonamides is 1. The fraction of sp³-hybridized carbons (Fsp3) is 0.0769. The summed E-state index contributed by atoms with van der Waals surface area (Å²) < 4.78 is 57.1. The van der Waals surface area contributed by atoms with Gasteiger partial charge in [-0.1, -0.05) is 0 Å². The molecule has 106 valence electrons. The van der Waals surface area contributed by atoms with Crippen LogP contribution in [0.25, 0.3) is 0 Å². The zero-order valence-corrected chi connectivity index (χ0v) is 11.2. The van der Waals surface area contributed by atoms with Crippen LogP contribution in [0.2, 0.25) is 0 Å². The summed E-state index contributed by atoms with van der Waals surface area (Å²) in [7, 11) is -2.59. The Morgan fingerprint density at radius 2 is 1.70 bits per heavy atom. The highest BCUT2D eigenvalue weighted by Gasteiger charge is 2.15. The molecule has 0 aromatic heterocycles. The molecule has 0 aliphatic carbocycles. The second-order valence-corrected chi connectivity index (χ2v) is 5.59. The number of anilines is 1. The minimum atomic E-state index is -3.86. The van der Waals surface area contributed by atoms with Crippen molar-refractivity contribution < 1.29 is 21.9 Å². The van der Waals surface area contributed by atoms with Crippen molar-refractivity contribution in [1.82, 2.24) is 0 Å². The van der Waals surface area contributed by atoms with Gasteiger partial charge in [0.15, 0.2) is 11.6 Å². The normalized spacial score (nSPS) is 11.2. The quantitative estimate of drug-likeness (QED) is 0.944. The van der Waals surface area contributed by atoms with E-state index in [1.165, 1.54) is 19.2 Å². The van der Waals surface area contributed by atoms with Crippen LogP contribution in [0.5, 0.6) is 5.75 Å². The molecular formula is C13H11F2NO3S. The number of hydrogen-bond donors (Lipinski definition) is 1. The van der Waals surface area contributed by atoms with Gasteiger partial charge < -0.3 is 4.74 Å². The molecule has 0 radical (unpaired) electrons. The van der Waals surface area contributed by atoms with Crippen LogP contribution in [-0.2, 0) is 10.0 Å². The van der Waals surface area contributed by atoms with E-state index in [0.29, 0.717) is 0 Å². The van der Waals surface area contributed by atoms with Crippen LogP contribution in [0.3, 0.4) is 0 Å². The third kappa shape index (κ3) is 3.05. The molecule has 0 unspecified atom stereocenters. The molecule has 0 aliphatic heterocycles. The van der Waals surface area contributed by atoms with E-state index in [1.807, 2.05) is 0 Å². The molecule has 0 saturated heterocycles. The van der Waals surface area contributed by atoms with Crippen molar-refractivity contribution in [3.05, 3.63) is 54.1 Å². The van der Waals surface area contributed by atoms with Gasteiger partial charge in [-0.2, -0.15) is 0 Å². The van der Waals surface area contributed by atoms with Gasteiger partial charge in [-0.15, -0.1) is 0 Å². The summed E-state index contributed by atoms with van der Waals surface area (Å²) in [6, 6.07) is 7.92. The molecule has 0 aliphatic rings. The molecule has 2 aromatic carbocycles. The molecule has 2 rings (SSSR count).